The van der Waals surface area contributed by atoms with Crippen LogP contribution < -0.4 is 29.1 Å². The average molecular weight is 557 g/mol. The maximum absolute atomic E-state index is 14.1. The van der Waals surface area contributed by atoms with Gasteiger partial charge in [0.15, 0.2) is 16.3 Å². The lowest BCUT2D eigenvalue weighted by atomic mass is 9.92. The summed E-state index contributed by atoms with van der Waals surface area (Å²) in [5.41, 5.74) is 2.52. The van der Waals surface area contributed by atoms with Crippen molar-refractivity contribution in [2.75, 3.05) is 27.9 Å². The highest BCUT2D eigenvalue weighted by Gasteiger charge is 2.37. The monoisotopic (exact) mass is 556 g/mol. The van der Waals surface area contributed by atoms with Gasteiger partial charge >= 0.3 is 5.97 Å². The molecular formula is C31H28N2O6S. The van der Waals surface area contributed by atoms with Gasteiger partial charge in [0.2, 0.25) is 0 Å². The van der Waals surface area contributed by atoms with Gasteiger partial charge in [0, 0.05) is 11.1 Å². The maximum atomic E-state index is 14.1. The minimum atomic E-state index is -0.881. The predicted molar refractivity (Wildman–Crippen MR) is 154 cm³/mol. The van der Waals surface area contributed by atoms with Crippen molar-refractivity contribution in [3.63, 3.8) is 0 Å². The van der Waals surface area contributed by atoms with Crippen molar-refractivity contribution in [3.05, 3.63) is 115 Å². The van der Waals surface area contributed by atoms with Gasteiger partial charge in [-0.1, -0.05) is 65.9 Å². The normalized spacial score (nSPS) is 14.8. The molecule has 4 aromatic rings. The molecule has 0 aliphatic carbocycles. The number of thiazole rings is 1. The molecular weight excluding hydrogens is 528 g/mol. The van der Waals surface area contributed by atoms with E-state index >= 15 is 0 Å². The topological polar surface area (TPSA) is 88.4 Å². The quantitative estimate of drug-likeness (QED) is 0.306. The minimum Gasteiger partial charge on any atom is -0.497 e. The van der Waals surface area contributed by atoms with Crippen molar-refractivity contribution in [2.45, 2.75) is 13.0 Å². The van der Waals surface area contributed by atoms with Gasteiger partial charge in [-0.2, -0.15) is 0 Å². The van der Waals surface area contributed by atoms with Gasteiger partial charge in [-0.25, -0.2) is 9.79 Å². The summed E-state index contributed by atoms with van der Waals surface area (Å²) in [6.45, 7) is 1.90. The number of nitrogens with zero attached hydrogens (tertiary/aromatic N) is 2. The van der Waals surface area contributed by atoms with Crippen LogP contribution in [0.1, 0.15) is 29.7 Å². The molecule has 1 aromatic heterocycles. The van der Waals surface area contributed by atoms with Crippen molar-refractivity contribution in [1.29, 1.82) is 0 Å². The fourth-order valence-electron chi connectivity index (χ4n) is 4.71. The molecule has 0 amide bonds. The summed E-state index contributed by atoms with van der Waals surface area (Å²) in [5.74, 6) is 1.04. The Morgan fingerprint density at radius 3 is 2.35 bits per heavy atom. The first-order chi connectivity index (χ1) is 19.5. The van der Waals surface area contributed by atoms with Gasteiger partial charge < -0.3 is 18.9 Å². The number of fused-ring (bicyclic) bond motifs is 1. The summed E-state index contributed by atoms with van der Waals surface area (Å²) in [5, 5.41) is 0. The molecule has 0 saturated heterocycles. The molecule has 0 bridgehead atoms. The van der Waals surface area contributed by atoms with Crippen LogP contribution in [0.4, 0.5) is 0 Å². The van der Waals surface area contributed by atoms with Crippen molar-refractivity contribution in [3.8, 4) is 17.2 Å². The molecule has 5 rings (SSSR count). The highest BCUT2D eigenvalue weighted by atomic mass is 32.1. The van der Waals surface area contributed by atoms with Crippen LogP contribution in [0.25, 0.3) is 11.8 Å². The van der Waals surface area contributed by atoms with Gasteiger partial charge in [-0.3, -0.25) is 9.36 Å². The molecule has 9 heteroatoms. The van der Waals surface area contributed by atoms with Crippen LogP contribution in [0.5, 0.6) is 17.2 Å². The van der Waals surface area contributed by atoms with E-state index in [9.17, 15) is 9.59 Å². The number of carbonyl (C=O) groups excluding carboxylic acids is 1. The third-order valence-corrected chi connectivity index (χ3v) is 7.50. The minimum absolute atomic E-state index is 0.161. The zero-order valence-corrected chi connectivity index (χ0v) is 23.4. The Morgan fingerprint density at radius 2 is 1.70 bits per heavy atom. The SMILES string of the molecule is CCOC(=O)C1=C(c2ccccc2)N=c2sc(=Cc3ccc(OC)cc3)c(=O)n2[C@@H]1c1cccc(OC)c1OC. The smallest absolute Gasteiger partial charge is 0.338 e. The zero-order valence-electron chi connectivity index (χ0n) is 22.5. The van der Waals surface area contributed by atoms with E-state index < -0.39 is 12.0 Å². The van der Waals surface area contributed by atoms with Gasteiger partial charge in [-0.15, -0.1) is 0 Å². The highest BCUT2D eigenvalue weighted by Crippen LogP contribution is 2.42. The molecule has 0 fully saturated rings. The summed E-state index contributed by atoms with van der Waals surface area (Å²) < 4.78 is 24.1. The van der Waals surface area contributed by atoms with E-state index in [1.165, 1.54) is 23.0 Å². The molecule has 1 aliphatic heterocycles. The summed E-state index contributed by atoms with van der Waals surface area (Å²) in [6.07, 6.45) is 1.80. The second-order valence-electron chi connectivity index (χ2n) is 8.79. The Bertz CT molecular complexity index is 1750. The van der Waals surface area contributed by atoms with E-state index in [1.807, 2.05) is 60.7 Å². The summed E-state index contributed by atoms with van der Waals surface area (Å²) in [6, 6.07) is 21.3. The number of para-hydroxylation sites is 1. The Morgan fingerprint density at radius 1 is 0.950 bits per heavy atom. The van der Waals surface area contributed by atoms with E-state index in [4.69, 9.17) is 23.9 Å². The van der Waals surface area contributed by atoms with Gasteiger partial charge in [-0.05, 0) is 36.8 Å². The average Bonchev–Trinajstić information content (AvgIpc) is 3.30. The van der Waals surface area contributed by atoms with Crippen molar-refractivity contribution in [2.24, 2.45) is 4.99 Å². The Kier molecular flexibility index (Phi) is 7.84. The van der Waals surface area contributed by atoms with Gasteiger partial charge in [0.1, 0.15) is 11.8 Å². The lowest BCUT2D eigenvalue weighted by Crippen LogP contribution is -2.40. The molecule has 1 aliphatic rings. The standard InChI is InChI=1S/C31H28N2O6S/c1-5-39-30(35)25-26(20-10-7-6-8-11-20)32-31-33(27(25)22-12-9-13-23(37-3)28(22)38-4)29(34)24(40-31)18-19-14-16-21(36-2)17-15-19/h6-18,27H,5H2,1-4H3/t27-/m1/s1. The second-order valence-corrected chi connectivity index (χ2v) is 9.80. The number of ether oxygens (including phenoxy) is 4. The number of esters is 1. The zero-order chi connectivity index (χ0) is 28.2. The molecule has 0 radical (unpaired) electrons. The first kappa shape index (κ1) is 27.0. The molecule has 1 atom stereocenters. The molecule has 0 unspecified atom stereocenters. The first-order valence-electron chi connectivity index (χ1n) is 12.6. The van der Waals surface area contributed by atoms with E-state index in [1.54, 1.807) is 39.4 Å². The summed E-state index contributed by atoms with van der Waals surface area (Å²) >= 11 is 1.25. The van der Waals surface area contributed by atoms with Crippen LogP contribution in [0.15, 0.2) is 88.2 Å². The Balaban J connectivity index is 1.85. The molecule has 0 saturated carbocycles. The van der Waals surface area contributed by atoms with Crippen LogP contribution in [-0.2, 0) is 9.53 Å². The largest absolute Gasteiger partial charge is 0.497 e. The van der Waals surface area contributed by atoms with Gasteiger partial charge in [0.05, 0.1) is 43.7 Å². The number of aromatic nitrogens is 1. The molecule has 2 heterocycles. The Hall–Kier alpha value is -4.63. The molecule has 3 aromatic carbocycles. The summed E-state index contributed by atoms with van der Waals surface area (Å²) in [7, 11) is 4.67. The van der Waals surface area contributed by atoms with Crippen molar-refractivity contribution >= 4 is 29.1 Å². The van der Waals surface area contributed by atoms with Crippen LogP contribution in [0.2, 0.25) is 0 Å². The predicted octanol–water partition coefficient (Wildman–Crippen LogP) is 3.96. The number of hydrogen-bond donors (Lipinski definition) is 0. The van der Waals surface area contributed by atoms with E-state index in [0.717, 1.165) is 16.9 Å². The van der Waals surface area contributed by atoms with E-state index in [2.05, 4.69) is 0 Å². The molecule has 0 N–H and O–H groups in total. The van der Waals surface area contributed by atoms with Crippen LogP contribution in [0, 0.1) is 0 Å². The third kappa shape index (κ3) is 4.91. The van der Waals surface area contributed by atoms with Crippen molar-refractivity contribution in [1.82, 2.24) is 4.57 Å². The molecule has 40 heavy (non-hydrogen) atoms. The number of rotatable bonds is 8. The molecule has 0 spiro atoms. The lowest BCUT2D eigenvalue weighted by molar-refractivity contribution is -0.138. The number of hydrogen-bond acceptors (Lipinski definition) is 8. The highest BCUT2D eigenvalue weighted by molar-refractivity contribution is 7.07. The lowest BCUT2D eigenvalue weighted by Gasteiger charge is -2.27. The van der Waals surface area contributed by atoms with Crippen LogP contribution >= 0.6 is 11.3 Å². The maximum Gasteiger partial charge on any atom is 0.338 e. The fraction of sp³-hybridized carbons (Fsp3) is 0.194. The second kappa shape index (κ2) is 11.6. The molecule has 8 nitrogen and oxygen atoms in total. The van der Waals surface area contributed by atoms with Crippen LogP contribution in [0.3, 0.4) is 0 Å². The van der Waals surface area contributed by atoms with Gasteiger partial charge in [0.25, 0.3) is 5.56 Å². The Labute approximate surface area is 235 Å². The van der Waals surface area contributed by atoms with E-state index in [-0.39, 0.29) is 17.7 Å². The number of methoxy groups -OCH3 is 3. The van der Waals surface area contributed by atoms with E-state index in [0.29, 0.717) is 32.1 Å². The van der Waals surface area contributed by atoms with Crippen LogP contribution in [-0.4, -0.2) is 38.5 Å². The number of carbonyl (C=O) groups is 1. The molecule has 204 valence electrons. The first-order valence-corrected chi connectivity index (χ1v) is 13.5. The number of benzene rings is 3. The summed E-state index contributed by atoms with van der Waals surface area (Å²) in [4.78, 5) is 33.0. The fourth-order valence-corrected chi connectivity index (χ4v) is 5.71. The third-order valence-electron chi connectivity index (χ3n) is 6.52. The van der Waals surface area contributed by atoms with Crippen molar-refractivity contribution < 1.29 is 23.7 Å².